The summed E-state index contributed by atoms with van der Waals surface area (Å²) >= 11 is 0. The Morgan fingerprint density at radius 3 is 2.66 bits per heavy atom. The van der Waals surface area contributed by atoms with Gasteiger partial charge in [0.1, 0.15) is 5.75 Å². The van der Waals surface area contributed by atoms with Crippen LogP contribution in [0, 0.1) is 5.92 Å². The molecule has 1 N–H and O–H groups in total. The summed E-state index contributed by atoms with van der Waals surface area (Å²) in [5, 5.41) is 3.27. The molecule has 3 fully saturated rings. The second kappa shape index (κ2) is 10.6. The molecule has 0 spiro atoms. The van der Waals surface area contributed by atoms with Gasteiger partial charge in [0.15, 0.2) is 0 Å². The second-order valence-electron chi connectivity index (χ2n) is 10.5. The molecule has 5 rings (SSSR count). The van der Waals surface area contributed by atoms with Crippen molar-refractivity contribution < 1.29 is 14.3 Å². The SMILES string of the molecule is O=C(C[C@@H]1CCCO1)NC1CCC(CCN2CCC(c3cccc4c3CCO4)CC2)CC1. The van der Waals surface area contributed by atoms with E-state index in [4.69, 9.17) is 9.47 Å². The van der Waals surface area contributed by atoms with Crippen LogP contribution in [0.2, 0.25) is 0 Å². The summed E-state index contributed by atoms with van der Waals surface area (Å²) < 4.78 is 11.4. The molecule has 1 atom stereocenters. The summed E-state index contributed by atoms with van der Waals surface area (Å²) in [6.07, 6.45) is 12.6. The van der Waals surface area contributed by atoms with E-state index < -0.39 is 0 Å². The molecule has 5 nitrogen and oxygen atoms in total. The maximum absolute atomic E-state index is 12.3. The van der Waals surface area contributed by atoms with Gasteiger partial charge in [-0.25, -0.2) is 0 Å². The lowest BCUT2D eigenvalue weighted by Gasteiger charge is -2.35. The summed E-state index contributed by atoms with van der Waals surface area (Å²) in [7, 11) is 0. The van der Waals surface area contributed by atoms with E-state index >= 15 is 0 Å². The number of rotatable bonds is 7. The molecular weight excluding hydrogens is 400 g/mol. The summed E-state index contributed by atoms with van der Waals surface area (Å²) in [6.45, 7) is 5.37. The molecule has 4 aliphatic rings. The molecule has 1 aromatic carbocycles. The van der Waals surface area contributed by atoms with Gasteiger partial charge in [-0.3, -0.25) is 4.79 Å². The van der Waals surface area contributed by atoms with Gasteiger partial charge in [0, 0.05) is 24.6 Å². The molecular formula is C27H40N2O3. The third-order valence-corrected chi connectivity index (χ3v) is 8.31. The monoisotopic (exact) mass is 440 g/mol. The highest BCUT2D eigenvalue weighted by molar-refractivity contribution is 5.76. The van der Waals surface area contributed by atoms with E-state index in [-0.39, 0.29) is 12.0 Å². The molecule has 0 bridgehead atoms. The highest BCUT2D eigenvalue weighted by atomic mass is 16.5. The maximum atomic E-state index is 12.3. The van der Waals surface area contributed by atoms with Crippen LogP contribution in [0.4, 0.5) is 0 Å². The zero-order chi connectivity index (χ0) is 21.8. The predicted octanol–water partition coefficient (Wildman–Crippen LogP) is 4.44. The summed E-state index contributed by atoms with van der Waals surface area (Å²) in [6, 6.07) is 7.02. The van der Waals surface area contributed by atoms with Gasteiger partial charge in [-0.1, -0.05) is 12.1 Å². The van der Waals surface area contributed by atoms with Gasteiger partial charge >= 0.3 is 0 Å². The number of hydrogen-bond acceptors (Lipinski definition) is 4. The van der Waals surface area contributed by atoms with Crippen LogP contribution in [0.25, 0.3) is 0 Å². The van der Waals surface area contributed by atoms with Crippen molar-refractivity contribution in [2.45, 2.75) is 88.7 Å². The molecule has 0 radical (unpaired) electrons. The minimum atomic E-state index is 0.159. The Kier molecular flexibility index (Phi) is 7.33. The van der Waals surface area contributed by atoms with Crippen molar-refractivity contribution >= 4 is 5.91 Å². The summed E-state index contributed by atoms with van der Waals surface area (Å²) in [4.78, 5) is 15.0. The largest absolute Gasteiger partial charge is 0.493 e. The average molecular weight is 441 g/mol. The Morgan fingerprint density at radius 1 is 1.03 bits per heavy atom. The molecule has 3 aliphatic heterocycles. The first-order chi connectivity index (χ1) is 15.7. The van der Waals surface area contributed by atoms with Crippen LogP contribution in [0.1, 0.15) is 81.3 Å². The number of ether oxygens (including phenoxy) is 2. The van der Waals surface area contributed by atoms with Gasteiger partial charge in [-0.15, -0.1) is 0 Å². The van der Waals surface area contributed by atoms with E-state index in [0.717, 1.165) is 57.0 Å². The first-order valence-corrected chi connectivity index (χ1v) is 13.1. The van der Waals surface area contributed by atoms with Crippen molar-refractivity contribution in [1.29, 1.82) is 0 Å². The molecule has 5 heteroatoms. The number of fused-ring (bicyclic) bond motifs is 1. The number of likely N-dealkylation sites (tertiary alicyclic amines) is 1. The topological polar surface area (TPSA) is 50.8 Å². The normalized spacial score (nSPS) is 28.9. The molecule has 176 valence electrons. The third kappa shape index (κ3) is 5.48. The molecule has 1 saturated carbocycles. The van der Waals surface area contributed by atoms with Crippen molar-refractivity contribution in [2.75, 3.05) is 32.8 Å². The molecule has 3 heterocycles. The zero-order valence-corrected chi connectivity index (χ0v) is 19.5. The lowest BCUT2D eigenvalue weighted by atomic mass is 9.83. The van der Waals surface area contributed by atoms with Crippen molar-refractivity contribution in [3.05, 3.63) is 29.3 Å². The maximum Gasteiger partial charge on any atom is 0.222 e. The van der Waals surface area contributed by atoms with Crippen molar-refractivity contribution in [1.82, 2.24) is 10.2 Å². The minimum Gasteiger partial charge on any atom is -0.493 e. The van der Waals surface area contributed by atoms with E-state index in [0.29, 0.717) is 18.4 Å². The van der Waals surface area contributed by atoms with Gasteiger partial charge in [0.05, 0.1) is 19.1 Å². The van der Waals surface area contributed by atoms with Gasteiger partial charge in [0.2, 0.25) is 5.91 Å². The van der Waals surface area contributed by atoms with E-state index in [1.54, 1.807) is 5.56 Å². The number of carbonyl (C=O) groups excluding carboxylic acids is 1. The Bertz CT molecular complexity index is 760. The van der Waals surface area contributed by atoms with E-state index in [1.165, 1.54) is 57.3 Å². The highest BCUT2D eigenvalue weighted by Gasteiger charge is 2.28. The molecule has 0 unspecified atom stereocenters. The fraction of sp³-hybridized carbons (Fsp3) is 0.741. The summed E-state index contributed by atoms with van der Waals surface area (Å²) in [5.74, 6) is 2.85. The third-order valence-electron chi connectivity index (χ3n) is 8.31. The van der Waals surface area contributed by atoms with Crippen LogP contribution < -0.4 is 10.1 Å². The Balaban J connectivity index is 0.988. The number of hydrogen-bond donors (Lipinski definition) is 1. The van der Waals surface area contributed by atoms with Gasteiger partial charge in [-0.2, -0.15) is 0 Å². The van der Waals surface area contributed by atoms with Crippen LogP contribution in [0.15, 0.2) is 18.2 Å². The Morgan fingerprint density at radius 2 is 1.88 bits per heavy atom. The van der Waals surface area contributed by atoms with Crippen molar-refractivity contribution in [3.63, 3.8) is 0 Å². The fourth-order valence-electron chi connectivity index (χ4n) is 6.36. The second-order valence-corrected chi connectivity index (χ2v) is 10.5. The van der Waals surface area contributed by atoms with Gasteiger partial charge in [-0.05, 0) is 101 Å². The molecule has 1 aliphatic carbocycles. The first kappa shape index (κ1) is 22.2. The predicted molar refractivity (Wildman–Crippen MR) is 126 cm³/mol. The standard InChI is InChI=1S/C27H40N2O3/c30-27(19-23-3-2-17-31-23)28-22-8-6-20(7-9-22)10-14-29-15-11-21(12-16-29)24-4-1-5-26-25(24)13-18-32-26/h1,4-5,20-23H,2-3,6-19H2,(H,28,30)/t20?,22?,23-/m0/s1. The summed E-state index contributed by atoms with van der Waals surface area (Å²) in [5.41, 5.74) is 3.03. The smallest absolute Gasteiger partial charge is 0.222 e. The van der Waals surface area contributed by atoms with Crippen LogP contribution in [-0.2, 0) is 16.0 Å². The molecule has 1 amide bonds. The number of benzene rings is 1. The molecule has 2 saturated heterocycles. The average Bonchev–Trinajstić information content (AvgIpc) is 3.51. The van der Waals surface area contributed by atoms with E-state index in [2.05, 4.69) is 28.4 Å². The van der Waals surface area contributed by atoms with Gasteiger partial charge < -0.3 is 19.7 Å². The number of carbonyl (C=O) groups is 1. The molecule has 1 aromatic rings. The minimum absolute atomic E-state index is 0.159. The zero-order valence-electron chi connectivity index (χ0n) is 19.5. The molecule has 0 aromatic heterocycles. The van der Waals surface area contributed by atoms with E-state index in [1.807, 2.05) is 0 Å². The fourth-order valence-corrected chi connectivity index (χ4v) is 6.36. The van der Waals surface area contributed by atoms with Crippen molar-refractivity contribution in [2.24, 2.45) is 5.92 Å². The number of nitrogens with zero attached hydrogens (tertiary/aromatic N) is 1. The van der Waals surface area contributed by atoms with Crippen molar-refractivity contribution in [3.8, 4) is 5.75 Å². The van der Waals surface area contributed by atoms with Gasteiger partial charge in [0.25, 0.3) is 0 Å². The Labute approximate surface area is 193 Å². The lowest BCUT2D eigenvalue weighted by molar-refractivity contribution is -0.124. The number of nitrogens with one attached hydrogen (secondary N) is 1. The Hall–Kier alpha value is -1.59. The van der Waals surface area contributed by atoms with E-state index in [9.17, 15) is 4.79 Å². The highest BCUT2D eigenvalue weighted by Crippen LogP contribution is 2.37. The van der Waals surface area contributed by atoms with Crippen LogP contribution in [-0.4, -0.2) is 55.8 Å². The van der Waals surface area contributed by atoms with Crippen LogP contribution >= 0.6 is 0 Å². The number of piperidine rings is 1. The number of amides is 1. The quantitative estimate of drug-likeness (QED) is 0.681. The molecule has 32 heavy (non-hydrogen) atoms. The first-order valence-electron chi connectivity index (χ1n) is 13.1. The van der Waals surface area contributed by atoms with Crippen LogP contribution in [0.5, 0.6) is 5.75 Å². The lowest BCUT2D eigenvalue weighted by Crippen LogP contribution is -2.39. The van der Waals surface area contributed by atoms with Crippen LogP contribution in [0.3, 0.4) is 0 Å².